The lowest BCUT2D eigenvalue weighted by Crippen LogP contribution is -2.17. The minimum absolute atomic E-state index is 0.241. The normalized spacial score (nSPS) is 11.3. The Balaban J connectivity index is 2.29. The molecule has 0 fully saturated rings. The molecule has 0 atom stereocenters. The second-order valence-electron chi connectivity index (χ2n) is 3.58. The van der Waals surface area contributed by atoms with E-state index in [4.69, 9.17) is 11.6 Å². The molecule has 2 aromatic rings. The van der Waals surface area contributed by atoms with Crippen molar-refractivity contribution >= 4 is 11.6 Å². The smallest absolute Gasteiger partial charge is 0.406 e. The summed E-state index contributed by atoms with van der Waals surface area (Å²) in [5.41, 5.74) is 1.40. The predicted molar refractivity (Wildman–Crippen MR) is 63.6 cm³/mol. The van der Waals surface area contributed by atoms with Gasteiger partial charge in [0.15, 0.2) is 0 Å². The van der Waals surface area contributed by atoms with Gasteiger partial charge in [-0.3, -0.25) is 0 Å². The Kier molecular flexibility index (Phi) is 3.48. The molecule has 18 heavy (non-hydrogen) atoms. The molecule has 0 aliphatic rings. The van der Waals surface area contributed by atoms with Crippen molar-refractivity contribution in [2.75, 3.05) is 0 Å². The zero-order valence-corrected chi connectivity index (χ0v) is 9.79. The standard InChI is InChI=1S/C13H8ClF3O/c14-11-6-4-9(5-7-11)10-2-1-3-12(8-10)18-13(15,16)17/h1-8H. The third-order valence-electron chi connectivity index (χ3n) is 2.25. The number of ether oxygens (including phenoxy) is 1. The maximum absolute atomic E-state index is 12.1. The molecule has 94 valence electrons. The minimum Gasteiger partial charge on any atom is -0.406 e. The monoisotopic (exact) mass is 272 g/mol. The Hall–Kier alpha value is -1.68. The Bertz CT molecular complexity index is 535. The number of rotatable bonds is 2. The van der Waals surface area contributed by atoms with Crippen molar-refractivity contribution in [3.8, 4) is 16.9 Å². The van der Waals surface area contributed by atoms with Crippen LogP contribution in [0, 0.1) is 0 Å². The molecule has 0 unspecified atom stereocenters. The second kappa shape index (κ2) is 4.90. The number of halogens is 4. The van der Waals surface area contributed by atoms with Crippen LogP contribution in [-0.4, -0.2) is 6.36 Å². The lowest BCUT2D eigenvalue weighted by atomic mass is 10.1. The fraction of sp³-hybridized carbons (Fsp3) is 0.0769. The molecule has 0 aliphatic carbocycles. The molecule has 0 N–H and O–H groups in total. The van der Waals surface area contributed by atoms with Crippen molar-refractivity contribution in [2.24, 2.45) is 0 Å². The van der Waals surface area contributed by atoms with E-state index in [2.05, 4.69) is 4.74 Å². The number of hydrogen-bond acceptors (Lipinski definition) is 1. The highest BCUT2D eigenvalue weighted by molar-refractivity contribution is 6.30. The van der Waals surface area contributed by atoms with Crippen LogP contribution in [0.25, 0.3) is 11.1 Å². The fourth-order valence-electron chi connectivity index (χ4n) is 1.52. The molecule has 0 aromatic heterocycles. The van der Waals surface area contributed by atoms with Crippen LogP contribution in [0.5, 0.6) is 5.75 Å². The molecule has 0 radical (unpaired) electrons. The van der Waals surface area contributed by atoms with Gasteiger partial charge in [0.2, 0.25) is 0 Å². The Morgan fingerprint density at radius 3 is 2.17 bits per heavy atom. The minimum atomic E-state index is -4.68. The van der Waals surface area contributed by atoms with Crippen LogP contribution < -0.4 is 4.74 Å². The van der Waals surface area contributed by atoms with Crippen LogP contribution in [0.2, 0.25) is 5.02 Å². The number of benzene rings is 2. The summed E-state index contributed by atoms with van der Waals surface area (Å²) in [5.74, 6) is -0.241. The Labute approximate surface area is 107 Å². The van der Waals surface area contributed by atoms with Crippen LogP contribution in [0.1, 0.15) is 0 Å². The van der Waals surface area contributed by atoms with Gasteiger partial charge in [-0.1, -0.05) is 35.9 Å². The summed E-state index contributed by atoms with van der Waals surface area (Å²) in [6.07, 6.45) is -4.68. The van der Waals surface area contributed by atoms with Gasteiger partial charge in [0.25, 0.3) is 0 Å². The van der Waals surface area contributed by atoms with Gasteiger partial charge in [-0.2, -0.15) is 0 Å². The quantitative estimate of drug-likeness (QED) is 0.755. The summed E-state index contributed by atoms with van der Waals surface area (Å²) in [6.45, 7) is 0. The molecule has 1 nitrogen and oxygen atoms in total. The van der Waals surface area contributed by atoms with Crippen LogP contribution in [0.4, 0.5) is 13.2 Å². The maximum Gasteiger partial charge on any atom is 0.573 e. The maximum atomic E-state index is 12.1. The first kappa shape index (κ1) is 12.8. The molecule has 5 heteroatoms. The Morgan fingerprint density at radius 1 is 0.889 bits per heavy atom. The summed E-state index contributed by atoms with van der Waals surface area (Å²) >= 11 is 5.74. The van der Waals surface area contributed by atoms with E-state index in [1.54, 1.807) is 30.3 Å². The van der Waals surface area contributed by atoms with Gasteiger partial charge in [0.1, 0.15) is 5.75 Å². The summed E-state index contributed by atoms with van der Waals surface area (Å²) in [4.78, 5) is 0. The fourth-order valence-corrected chi connectivity index (χ4v) is 1.64. The van der Waals surface area contributed by atoms with Crippen molar-refractivity contribution in [1.29, 1.82) is 0 Å². The molecule has 2 aromatic carbocycles. The summed E-state index contributed by atoms with van der Waals surface area (Å²) in [5, 5.41) is 0.571. The highest BCUT2D eigenvalue weighted by Crippen LogP contribution is 2.28. The lowest BCUT2D eigenvalue weighted by molar-refractivity contribution is -0.274. The van der Waals surface area contributed by atoms with Crippen molar-refractivity contribution in [3.05, 3.63) is 53.6 Å². The van der Waals surface area contributed by atoms with Crippen molar-refractivity contribution in [1.82, 2.24) is 0 Å². The van der Waals surface area contributed by atoms with Gasteiger partial charge in [0.05, 0.1) is 0 Å². The zero-order valence-electron chi connectivity index (χ0n) is 9.04. The van der Waals surface area contributed by atoms with E-state index in [0.29, 0.717) is 10.6 Å². The molecule has 0 bridgehead atoms. The summed E-state index contributed by atoms with van der Waals surface area (Å²) < 4.78 is 40.1. The van der Waals surface area contributed by atoms with Crippen molar-refractivity contribution in [2.45, 2.75) is 6.36 Å². The van der Waals surface area contributed by atoms with Gasteiger partial charge >= 0.3 is 6.36 Å². The summed E-state index contributed by atoms with van der Waals surface area (Å²) in [6, 6.07) is 12.6. The number of alkyl halides is 3. The average molecular weight is 273 g/mol. The third kappa shape index (κ3) is 3.40. The first-order valence-corrected chi connectivity index (χ1v) is 5.43. The van der Waals surface area contributed by atoms with E-state index < -0.39 is 6.36 Å². The van der Waals surface area contributed by atoms with E-state index in [1.807, 2.05) is 0 Å². The molecule has 0 saturated carbocycles. The van der Waals surface area contributed by atoms with Gasteiger partial charge in [-0.25, -0.2) is 0 Å². The number of hydrogen-bond donors (Lipinski definition) is 0. The van der Waals surface area contributed by atoms with Crippen molar-refractivity contribution in [3.63, 3.8) is 0 Å². The van der Waals surface area contributed by atoms with Crippen LogP contribution in [0.15, 0.2) is 48.5 Å². The summed E-state index contributed by atoms with van der Waals surface area (Å²) in [7, 11) is 0. The average Bonchev–Trinajstić information content (AvgIpc) is 2.28. The van der Waals surface area contributed by atoms with E-state index in [0.717, 1.165) is 5.56 Å². The van der Waals surface area contributed by atoms with Gasteiger partial charge < -0.3 is 4.74 Å². The molecular formula is C13H8ClF3O. The second-order valence-corrected chi connectivity index (χ2v) is 4.02. The highest BCUT2D eigenvalue weighted by atomic mass is 35.5. The molecule has 0 saturated heterocycles. The SMILES string of the molecule is FC(F)(F)Oc1cccc(-c2ccc(Cl)cc2)c1. The topological polar surface area (TPSA) is 9.23 Å². The molecule has 0 heterocycles. The van der Waals surface area contributed by atoms with Crippen LogP contribution >= 0.6 is 11.6 Å². The van der Waals surface area contributed by atoms with Gasteiger partial charge in [-0.05, 0) is 35.4 Å². The highest BCUT2D eigenvalue weighted by Gasteiger charge is 2.31. The molecule has 0 aliphatic heterocycles. The lowest BCUT2D eigenvalue weighted by Gasteiger charge is -2.10. The van der Waals surface area contributed by atoms with Gasteiger partial charge in [-0.15, -0.1) is 13.2 Å². The Morgan fingerprint density at radius 2 is 1.56 bits per heavy atom. The molecule has 2 rings (SSSR count). The predicted octanol–water partition coefficient (Wildman–Crippen LogP) is 4.91. The zero-order chi connectivity index (χ0) is 13.2. The first-order chi connectivity index (χ1) is 8.44. The molecular weight excluding hydrogens is 265 g/mol. The van der Waals surface area contributed by atoms with E-state index in [-0.39, 0.29) is 5.75 Å². The van der Waals surface area contributed by atoms with Crippen molar-refractivity contribution < 1.29 is 17.9 Å². The van der Waals surface area contributed by atoms with Crippen LogP contribution in [0.3, 0.4) is 0 Å². The third-order valence-corrected chi connectivity index (χ3v) is 2.50. The van der Waals surface area contributed by atoms with E-state index in [1.165, 1.54) is 18.2 Å². The molecule has 0 amide bonds. The largest absolute Gasteiger partial charge is 0.573 e. The van der Waals surface area contributed by atoms with Crippen LogP contribution in [-0.2, 0) is 0 Å². The molecule has 0 spiro atoms. The van der Waals surface area contributed by atoms with E-state index in [9.17, 15) is 13.2 Å². The van der Waals surface area contributed by atoms with Gasteiger partial charge in [0, 0.05) is 5.02 Å². The van der Waals surface area contributed by atoms with E-state index >= 15 is 0 Å². The first-order valence-electron chi connectivity index (χ1n) is 5.06.